The van der Waals surface area contributed by atoms with Crippen LogP contribution >= 0.6 is 11.8 Å². The van der Waals surface area contributed by atoms with Gasteiger partial charge in [0.25, 0.3) is 0 Å². The molecule has 1 aromatic heterocycles. The van der Waals surface area contributed by atoms with E-state index in [4.69, 9.17) is 0 Å². The molecule has 0 amide bonds. The highest BCUT2D eigenvalue weighted by Gasteiger charge is 2.02. The maximum absolute atomic E-state index is 4.35. The third-order valence-electron chi connectivity index (χ3n) is 2.31. The van der Waals surface area contributed by atoms with Crippen molar-refractivity contribution in [2.24, 2.45) is 5.92 Å². The summed E-state index contributed by atoms with van der Waals surface area (Å²) in [7, 11) is 0. The van der Waals surface area contributed by atoms with Crippen LogP contribution in [-0.2, 0) is 13.1 Å². The van der Waals surface area contributed by atoms with E-state index >= 15 is 0 Å². The highest BCUT2D eigenvalue weighted by molar-refractivity contribution is 7.99. The second-order valence-electron chi connectivity index (χ2n) is 4.27. The largest absolute Gasteiger partial charge is 0.311 e. The van der Waals surface area contributed by atoms with Crippen molar-refractivity contribution in [3.63, 3.8) is 0 Å². The smallest absolute Gasteiger partial charge is 0.0522 e. The number of hydrogen-bond acceptors (Lipinski definition) is 3. The lowest BCUT2D eigenvalue weighted by Gasteiger charge is -2.09. The molecular weight excluding hydrogens is 218 g/mol. The van der Waals surface area contributed by atoms with Crippen LogP contribution in [-0.4, -0.2) is 27.8 Å². The van der Waals surface area contributed by atoms with E-state index in [9.17, 15) is 0 Å². The predicted molar refractivity (Wildman–Crippen MR) is 71.8 cm³/mol. The Morgan fingerprint density at radius 1 is 1.50 bits per heavy atom. The standard InChI is InChI=1S/C12H23N3S/c1-4-16-8-7-15-12(5-6-14-15)10-13-9-11(2)3/h5-6,11,13H,4,7-10H2,1-3H3. The van der Waals surface area contributed by atoms with Crippen LogP contribution in [0.25, 0.3) is 0 Å². The average Bonchev–Trinajstić information content (AvgIpc) is 2.66. The molecule has 0 saturated heterocycles. The molecule has 0 fully saturated rings. The summed E-state index contributed by atoms with van der Waals surface area (Å²) < 4.78 is 2.11. The molecule has 1 heterocycles. The fourth-order valence-corrected chi connectivity index (χ4v) is 2.09. The van der Waals surface area contributed by atoms with Crippen LogP contribution in [0, 0.1) is 5.92 Å². The van der Waals surface area contributed by atoms with Gasteiger partial charge < -0.3 is 5.32 Å². The van der Waals surface area contributed by atoms with Gasteiger partial charge in [-0.2, -0.15) is 16.9 Å². The predicted octanol–water partition coefficient (Wildman–Crippen LogP) is 2.38. The molecule has 3 nitrogen and oxygen atoms in total. The first kappa shape index (κ1) is 13.6. The summed E-state index contributed by atoms with van der Waals surface area (Å²) in [6.45, 7) is 9.65. The first-order valence-corrected chi connectivity index (χ1v) is 7.18. The molecule has 0 aliphatic carbocycles. The molecule has 4 heteroatoms. The van der Waals surface area contributed by atoms with E-state index in [1.165, 1.54) is 11.4 Å². The summed E-state index contributed by atoms with van der Waals surface area (Å²) in [5, 5.41) is 7.80. The monoisotopic (exact) mass is 241 g/mol. The summed E-state index contributed by atoms with van der Waals surface area (Å²) in [4.78, 5) is 0. The lowest BCUT2D eigenvalue weighted by atomic mass is 10.2. The number of nitrogens with zero attached hydrogens (tertiary/aromatic N) is 2. The fraction of sp³-hybridized carbons (Fsp3) is 0.750. The van der Waals surface area contributed by atoms with Crippen molar-refractivity contribution in [3.05, 3.63) is 18.0 Å². The third-order valence-corrected chi connectivity index (χ3v) is 3.19. The Kier molecular flexibility index (Phi) is 6.57. The maximum Gasteiger partial charge on any atom is 0.0522 e. The zero-order chi connectivity index (χ0) is 11.8. The summed E-state index contributed by atoms with van der Waals surface area (Å²) in [5.41, 5.74) is 1.29. The highest BCUT2D eigenvalue weighted by atomic mass is 32.2. The number of aromatic nitrogens is 2. The summed E-state index contributed by atoms with van der Waals surface area (Å²) in [5.74, 6) is 3.03. The van der Waals surface area contributed by atoms with E-state index in [1.807, 2.05) is 18.0 Å². The van der Waals surface area contributed by atoms with Crippen molar-refractivity contribution in [3.8, 4) is 0 Å². The quantitative estimate of drug-likeness (QED) is 0.709. The first-order chi connectivity index (χ1) is 7.74. The summed E-state index contributed by atoms with van der Waals surface area (Å²) in [6.07, 6.45) is 1.89. The average molecular weight is 241 g/mol. The van der Waals surface area contributed by atoms with E-state index < -0.39 is 0 Å². The van der Waals surface area contributed by atoms with Crippen LogP contribution in [0.5, 0.6) is 0 Å². The molecule has 16 heavy (non-hydrogen) atoms. The number of nitrogens with one attached hydrogen (secondary N) is 1. The second kappa shape index (κ2) is 7.74. The highest BCUT2D eigenvalue weighted by Crippen LogP contribution is 2.03. The van der Waals surface area contributed by atoms with Crippen molar-refractivity contribution in [2.75, 3.05) is 18.1 Å². The minimum absolute atomic E-state index is 0.701. The Bertz CT molecular complexity index is 284. The third kappa shape index (κ3) is 5.03. The van der Waals surface area contributed by atoms with Gasteiger partial charge >= 0.3 is 0 Å². The van der Waals surface area contributed by atoms with Gasteiger partial charge in [-0.3, -0.25) is 4.68 Å². The van der Waals surface area contributed by atoms with E-state index in [2.05, 4.69) is 41.9 Å². The molecule has 0 saturated carbocycles. The molecule has 0 bridgehead atoms. The zero-order valence-electron chi connectivity index (χ0n) is 10.6. The Hall–Kier alpha value is -0.480. The van der Waals surface area contributed by atoms with Crippen molar-refractivity contribution >= 4 is 11.8 Å². The Morgan fingerprint density at radius 3 is 3.00 bits per heavy atom. The first-order valence-electron chi connectivity index (χ1n) is 6.03. The number of hydrogen-bond donors (Lipinski definition) is 1. The minimum Gasteiger partial charge on any atom is -0.311 e. The number of thioether (sulfide) groups is 1. The second-order valence-corrected chi connectivity index (χ2v) is 5.66. The Morgan fingerprint density at radius 2 is 2.31 bits per heavy atom. The van der Waals surface area contributed by atoms with Gasteiger partial charge in [0.2, 0.25) is 0 Å². The maximum atomic E-state index is 4.35. The lowest BCUT2D eigenvalue weighted by Crippen LogP contribution is -2.21. The van der Waals surface area contributed by atoms with Gasteiger partial charge in [-0.25, -0.2) is 0 Å². The Labute approximate surface area is 103 Å². The molecule has 0 atom stereocenters. The van der Waals surface area contributed by atoms with Gasteiger partial charge in [-0.1, -0.05) is 20.8 Å². The summed E-state index contributed by atoms with van der Waals surface area (Å²) in [6, 6.07) is 2.10. The number of rotatable bonds is 8. The van der Waals surface area contributed by atoms with Gasteiger partial charge in [-0.05, 0) is 24.3 Å². The SMILES string of the molecule is CCSCCn1nccc1CNCC(C)C. The molecular formula is C12H23N3S. The molecule has 92 valence electrons. The minimum atomic E-state index is 0.701. The van der Waals surface area contributed by atoms with E-state index in [0.29, 0.717) is 5.92 Å². The van der Waals surface area contributed by atoms with Crippen LogP contribution in [0.2, 0.25) is 0 Å². The van der Waals surface area contributed by atoms with Gasteiger partial charge in [0, 0.05) is 18.5 Å². The van der Waals surface area contributed by atoms with E-state index in [-0.39, 0.29) is 0 Å². The molecule has 0 spiro atoms. The molecule has 1 rings (SSSR count). The molecule has 0 radical (unpaired) electrons. The normalized spacial score (nSPS) is 11.2. The van der Waals surface area contributed by atoms with E-state index in [0.717, 1.165) is 25.4 Å². The van der Waals surface area contributed by atoms with Crippen molar-refractivity contribution in [2.45, 2.75) is 33.9 Å². The van der Waals surface area contributed by atoms with Gasteiger partial charge in [0.1, 0.15) is 0 Å². The lowest BCUT2D eigenvalue weighted by molar-refractivity contribution is 0.526. The van der Waals surface area contributed by atoms with Crippen LogP contribution < -0.4 is 5.32 Å². The Balaban J connectivity index is 2.32. The van der Waals surface area contributed by atoms with Crippen LogP contribution in [0.1, 0.15) is 26.5 Å². The van der Waals surface area contributed by atoms with Crippen LogP contribution in [0.15, 0.2) is 12.3 Å². The number of aryl methyl sites for hydroxylation is 1. The van der Waals surface area contributed by atoms with Gasteiger partial charge in [0.15, 0.2) is 0 Å². The van der Waals surface area contributed by atoms with Crippen molar-refractivity contribution in [1.29, 1.82) is 0 Å². The molecule has 0 aliphatic heterocycles. The van der Waals surface area contributed by atoms with Gasteiger partial charge in [-0.15, -0.1) is 0 Å². The van der Waals surface area contributed by atoms with Crippen molar-refractivity contribution < 1.29 is 0 Å². The molecule has 0 aliphatic rings. The molecule has 0 aromatic carbocycles. The van der Waals surface area contributed by atoms with Crippen molar-refractivity contribution in [1.82, 2.24) is 15.1 Å². The molecule has 1 N–H and O–H groups in total. The fourth-order valence-electron chi connectivity index (χ4n) is 1.50. The van der Waals surface area contributed by atoms with E-state index in [1.54, 1.807) is 0 Å². The molecule has 0 unspecified atom stereocenters. The molecule has 1 aromatic rings. The zero-order valence-corrected chi connectivity index (χ0v) is 11.4. The van der Waals surface area contributed by atoms with Crippen LogP contribution in [0.4, 0.5) is 0 Å². The summed E-state index contributed by atoms with van der Waals surface area (Å²) >= 11 is 1.96. The van der Waals surface area contributed by atoms with Crippen LogP contribution in [0.3, 0.4) is 0 Å². The van der Waals surface area contributed by atoms with Gasteiger partial charge in [0.05, 0.1) is 12.2 Å². The topological polar surface area (TPSA) is 29.9 Å².